The first-order valence-corrected chi connectivity index (χ1v) is 8.92. The van der Waals surface area contributed by atoms with Crippen LogP contribution in [0.2, 0.25) is 0 Å². The first-order chi connectivity index (χ1) is 11.0. The fourth-order valence-electron chi connectivity index (χ4n) is 3.27. The molecule has 3 heterocycles. The molecule has 1 N–H and O–H groups in total. The number of nitrogens with zero attached hydrogens (tertiary/aromatic N) is 4. The van der Waals surface area contributed by atoms with Crippen molar-refractivity contribution in [3.8, 4) is 0 Å². The third kappa shape index (κ3) is 3.24. The molecule has 6 nitrogen and oxygen atoms in total. The van der Waals surface area contributed by atoms with Gasteiger partial charge in [0.1, 0.15) is 5.82 Å². The summed E-state index contributed by atoms with van der Waals surface area (Å²) >= 11 is 1.75. The van der Waals surface area contributed by atoms with E-state index in [1.54, 1.807) is 16.0 Å². The van der Waals surface area contributed by atoms with Crippen LogP contribution in [0.3, 0.4) is 0 Å². The highest BCUT2D eigenvalue weighted by Gasteiger charge is 2.40. The number of rotatable bonds is 4. The highest BCUT2D eigenvalue weighted by Crippen LogP contribution is 2.33. The van der Waals surface area contributed by atoms with E-state index in [1.165, 1.54) is 4.88 Å². The van der Waals surface area contributed by atoms with E-state index in [0.717, 1.165) is 25.8 Å². The van der Waals surface area contributed by atoms with Gasteiger partial charge in [-0.1, -0.05) is 6.07 Å². The minimum Gasteiger partial charge on any atom is -0.319 e. The zero-order valence-electron chi connectivity index (χ0n) is 13.9. The van der Waals surface area contributed by atoms with Crippen LogP contribution in [0, 0.1) is 6.92 Å². The van der Waals surface area contributed by atoms with Crippen molar-refractivity contribution in [3.05, 3.63) is 28.2 Å². The summed E-state index contributed by atoms with van der Waals surface area (Å²) in [7, 11) is 0. The Morgan fingerprint density at radius 2 is 2.35 bits per heavy atom. The zero-order chi connectivity index (χ0) is 16.4. The third-order valence-electron chi connectivity index (χ3n) is 4.42. The largest absolute Gasteiger partial charge is 0.324 e. The van der Waals surface area contributed by atoms with E-state index in [2.05, 4.69) is 39.8 Å². The van der Waals surface area contributed by atoms with Gasteiger partial charge in [-0.2, -0.15) is 10.1 Å². The second-order valence-corrected chi connectivity index (χ2v) is 7.27. The number of carbonyl (C=O) groups excluding carboxylic acids is 1. The van der Waals surface area contributed by atoms with Crippen molar-refractivity contribution in [2.75, 3.05) is 11.9 Å². The normalized spacial score (nSPS) is 20.9. The molecule has 2 aromatic heterocycles. The molecule has 1 aliphatic heterocycles. The van der Waals surface area contributed by atoms with Gasteiger partial charge in [-0.3, -0.25) is 5.32 Å². The van der Waals surface area contributed by atoms with Crippen LogP contribution < -0.4 is 5.32 Å². The molecule has 0 aromatic carbocycles. The number of hydrogen-bond donors (Lipinski definition) is 1. The fourth-order valence-corrected chi connectivity index (χ4v) is 4.16. The Bertz CT molecular complexity index is 681. The number of aryl methyl sites for hydroxylation is 2. The number of urea groups is 1. The maximum Gasteiger partial charge on any atom is 0.324 e. The molecular weight excluding hydrogens is 310 g/mol. The van der Waals surface area contributed by atoms with Crippen LogP contribution in [0.4, 0.5) is 10.7 Å². The topological polar surface area (TPSA) is 63.1 Å². The predicted molar refractivity (Wildman–Crippen MR) is 91.8 cm³/mol. The van der Waals surface area contributed by atoms with Crippen LogP contribution in [-0.2, 0) is 13.0 Å². The standard InChI is InChI=1S/C16H23N5OS/c1-4-21-14(17-12(2)19-21)18-15(22)20-9-6-8-16(20,3)11-13-7-5-10-23-13/h5,7,10H,4,6,8-9,11H2,1-3H3,(H,17,18,19,22). The molecule has 23 heavy (non-hydrogen) atoms. The van der Waals surface area contributed by atoms with Crippen molar-refractivity contribution in [1.29, 1.82) is 0 Å². The van der Waals surface area contributed by atoms with Crippen LogP contribution in [0.5, 0.6) is 0 Å². The quantitative estimate of drug-likeness (QED) is 0.934. The van der Waals surface area contributed by atoms with Gasteiger partial charge < -0.3 is 4.90 Å². The average Bonchev–Trinajstić information content (AvgIpc) is 3.20. The molecule has 124 valence electrons. The van der Waals surface area contributed by atoms with Crippen molar-refractivity contribution in [1.82, 2.24) is 19.7 Å². The number of likely N-dealkylation sites (tertiary alicyclic amines) is 1. The molecule has 0 aliphatic carbocycles. The molecule has 2 amide bonds. The Morgan fingerprint density at radius 3 is 3.04 bits per heavy atom. The highest BCUT2D eigenvalue weighted by atomic mass is 32.1. The summed E-state index contributed by atoms with van der Waals surface area (Å²) in [5.74, 6) is 1.20. The van der Waals surface area contributed by atoms with E-state index < -0.39 is 0 Å². The molecule has 7 heteroatoms. The Kier molecular flexibility index (Phi) is 4.39. The number of thiophene rings is 1. The fraction of sp³-hybridized carbons (Fsp3) is 0.562. The minimum absolute atomic E-state index is 0.0799. The van der Waals surface area contributed by atoms with Gasteiger partial charge in [0.25, 0.3) is 0 Å². The molecular formula is C16H23N5OS. The molecule has 3 rings (SSSR count). The van der Waals surface area contributed by atoms with Gasteiger partial charge in [0.15, 0.2) is 0 Å². The highest BCUT2D eigenvalue weighted by molar-refractivity contribution is 7.09. The maximum atomic E-state index is 12.8. The lowest BCUT2D eigenvalue weighted by atomic mass is 9.94. The number of anilines is 1. The van der Waals surface area contributed by atoms with Crippen molar-refractivity contribution < 1.29 is 4.79 Å². The average molecular weight is 333 g/mol. The van der Waals surface area contributed by atoms with E-state index in [0.29, 0.717) is 18.3 Å². The van der Waals surface area contributed by atoms with E-state index in [1.807, 2.05) is 18.7 Å². The Hall–Kier alpha value is -1.89. The minimum atomic E-state index is -0.138. The van der Waals surface area contributed by atoms with Crippen molar-refractivity contribution >= 4 is 23.3 Å². The summed E-state index contributed by atoms with van der Waals surface area (Å²) in [4.78, 5) is 20.4. The number of nitrogens with one attached hydrogen (secondary N) is 1. The molecule has 0 radical (unpaired) electrons. The monoisotopic (exact) mass is 333 g/mol. The summed E-state index contributed by atoms with van der Waals surface area (Å²) in [5.41, 5.74) is -0.138. The van der Waals surface area contributed by atoms with Crippen molar-refractivity contribution in [2.45, 2.75) is 52.1 Å². The van der Waals surface area contributed by atoms with Gasteiger partial charge in [-0.25, -0.2) is 9.48 Å². The molecule has 0 saturated carbocycles. The summed E-state index contributed by atoms with van der Waals surface area (Å²) in [6.07, 6.45) is 2.96. The maximum absolute atomic E-state index is 12.8. The van der Waals surface area contributed by atoms with Gasteiger partial charge in [0.2, 0.25) is 5.95 Å². The second kappa shape index (κ2) is 6.31. The number of hydrogen-bond acceptors (Lipinski definition) is 4. The summed E-state index contributed by atoms with van der Waals surface area (Å²) in [6.45, 7) is 7.46. The van der Waals surface area contributed by atoms with Gasteiger partial charge in [0, 0.05) is 29.9 Å². The van der Waals surface area contributed by atoms with E-state index >= 15 is 0 Å². The predicted octanol–water partition coefficient (Wildman–Crippen LogP) is 3.30. The first kappa shape index (κ1) is 16.0. The smallest absolute Gasteiger partial charge is 0.319 e. The summed E-state index contributed by atoms with van der Waals surface area (Å²) in [5, 5.41) is 9.31. The van der Waals surface area contributed by atoms with E-state index in [9.17, 15) is 4.79 Å². The second-order valence-electron chi connectivity index (χ2n) is 6.24. The van der Waals surface area contributed by atoms with Crippen LogP contribution in [-0.4, -0.2) is 37.8 Å². The summed E-state index contributed by atoms with van der Waals surface area (Å²) in [6, 6.07) is 4.13. The van der Waals surface area contributed by atoms with Crippen LogP contribution in [0.15, 0.2) is 17.5 Å². The van der Waals surface area contributed by atoms with E-state index in [4.69, 9.17) is 0 Å². The van der Waals surface area contributed by atoms with Crippen LogP contribution in [0.25, 0.3) is 0 Å². The number of aromatic nitrogens is 3. The van der Waals surface area contributed by atoms with Gasteiger partial charge in [-0.05, 0) is 45.1 Å². The molecule has 1 unspecified atom stereocenters. The molecule has 1 atom stereocenters. The number of amides is 2. The Labute approximate surface area is 140 Å². The van der Waals surface area contributed by atoms with Crippen molar-refractivity contribution in [3.63, 3.8) is 0 Å². The zero-order valence-corrected chi connectivity index (χ0v) is 14.7. The first-order valence-electron chi connectivity index (χ1n) is 8.04. The van der Waals surface area contributed by atoms with Gasteiger partial charge in [0.05, 0.1) is 0 Å². The Morgan fingerprint density at radius 1 is 1.52 bits per heavy atom. The lowest BCUT2D eigenvalue weighted by Crippen LogP contribution is -2.48. The summed E-state index contributed by atoms with van der Waals surface area (Å²) < 4.78 is 1.72. The molecule has 1 saturated heterocycles. The SMILES string of the molecule is CCn1nc(C)nc1NC(=O)N1CCCC1(C)Cc1cccs1. The lowest BCUT2D eigenvalue weighted by molar-refractivity contribution is 0.168. The van der Waals surface area contributed by atoms with Gasteiger partial charge >= 0.3 is 6.03 Å². The Balaban J connectivity index is 1.75. The van der Waals surface area contributed by atoms with Gasteiger partial charge in [-0.15, -0.1) is 11.3 Å². The molecule has 0 bridgehead atoms. The molecule has 1 aliphatic rings. The molecule has 2 aromatic rings. The number of carbonyl (C=O) groups is 1. The third-order valence-corrected chi connectivity index (χ3v) is 5.30. The van der Waals surface area contributed by atoms with E-state index in [-0.39, 0.29) is 11.6 Å². The lowest BCUT2D eigenvalue weighted by Gasteiger charge is -2.35. The van der Waals surface area contributed by atoms with Crippen LogP contribution in [0.1, 0.15) is 37.4 Å². The van der Waals surface area contributed by atoms with Crippen LogP contribution >= 0.6 is 11.3 Å². The van der Waals surface area contributed by atoms with Crippen molar-refractivity contribution in [2.24, 2.45) is 0 Å². The molecule has 1 fully saturated rings. The molecule has 0 spiro atoms.